The van der Waals surface area contributed by atoms with E-state index in [0.717, 1.165) is 5.56 Å². The van der Waals surface area contributed by atoms with Gasteiger partial charge in [0.2, 0.25) is 0 Å². The molecule has 2 aromatic rings. The Morgan fingerprint density at radius 3 is 2.48 bits per heavy atom. The van der Waals surface area contributed by atoms with E-state index in [1.54, 1.807) is 43.5 Å². The molecule has 0 amide bonds. The minimum Gasteiger partial charge on any atom is -0.497 e. The van der Waals surface area contributed by atoms with E-state index in [0.29, 0.717) is 5.75 Å². The molecule has 0 unspecified atom stereocenters. The minimum atomic E-state index is -0.700. The Kier molecular flexibility index (Phi) is 5.66. The molecule has 0 bridgehead atoms. The Labute approximate surface area is 143 Å². The van der Waals surface area contributed by atoms with Crippen LogP contribution in [0.3, 0.4) is 0 Å². The first-order valence-corrected chi connectivity index (χ1v) is 7.16. The highest BCUT2D eigenvalue weighted by Gasteiger charge is 2.25. The number of benzene rings is 1. The molecule has 25 heavy (non-hydrogen) atoms. The lowest BCUT2D eigenvalue weighted by Crippen LogP contribution is -2.18. The van der Waals surface area contributed by atoms with E-state index in [4.69, 9.17) is 14.7 Å². The van der Waals surface area contributed by atoms with Gasteiger partial charge in [0.25, 0.3) is 11.2 Å². The number of nitrogens with one attached hydrogen (secondary N) is 1. The van der Waals surface area contributed by atoms with Gasteiger partial charge in [-0.25, -0.2) is 0 Å². The SMILES string of the molecule is COCc1c([N+](=O)[O-])c(C=Cc2ccc(OC)cc2)[nH]c(=O)c1C#N. The first-order valence-electron chi connectivity index (χ1n) is 7.16. The molecule has 1 N–H and O–H groups in total. The average Bonchev–Trinajstić information content (AvgIpc) is 2.60. The van der Waals surface area contributed by atoms with Gasteiger partial charge < -0.3 is 14.5 Å². The van der Waals surface area contributed by atoms with Crippen LogP contribution in [0.2, 0.25) is 0 Å². The number of nitrogens with zero attached hydrogens (tertiary/aromatic N) is 2. The van der Waals surface area contributed by atoms with E-state index >= 15 is 0 Å². The van der Waals surface area contributed by atoms with Crippen molar-refractivity contribution in [1.82, 2.24) is 4.98 Å². The Bertz CT molecular complexity index is 908. The Balaban J connectivity index is 2.56. The molecule has 1 aromatic carbocycles. The van der Waals surface area contributed by atoms with Crippen molar-refractivity contribution in [3.63, 3.8) is 0 Å². The lowest BCUT2D eigenvalue weighted by Gasteiger charge is -2.06. The van der Waals surface area contributed by atoms with Crippen molar-refractivity contribution in [2.75, 3.05) is 14.2 Å². The van der Waals surface area contributed by atoms with Gasteiger partial charge in [0, 0.05) is 7.11 Å². The molecule has 0 aliphatic heterocycles. The molecule has 1 aromatic heterocycles. The second-order valence-corrected chi connectivity index (χ2v) is 4.98. The maximum atomic E-state index is 12.0. The van der Waals surface area contributed by atoms with Crippen molar-refractivity contribution in [2.45, 2.75) is 6.61 Å². The standard InChI is InChI=1S/C17H15N3O5/c1-24-10-14-13(9-18)17(21)19-15(16(14)20(22)23)8-5-11-3-6-12(25-2)7-4-11/h3-8H,10H2,1-2H3,(H,19,21). The van der Waals surface area contributed by atoms with Gasteiger partial charge >= 0.3 is 0 Å². The number of hydrogen-bond donors (Lipinski definition) is 1. The maximum absolute atomic E-state index is 12.0. The summed E-state index contributed by atoms with van der Waals surface area (Å²) >= 11 is 0. The molecule has 0 aliphatic rings. The zero-order valence-electron chi connectivity index (χ0n) is 13.6. The number of nitriles is 1. The van der Waals surface area contributed by atoms with Gasteiger partial charge in [0.1, 0.15) is 23.1 Å². The number of aromatic amines is 1. The molecular formula is C17H15N3O5. The summed E-state index contributed by atoms with van der Waals surface area (Å²) in [5, 5.41) is 20.6. The van der Waals surface area contributed by atoms with E-state index in [1.807, 2.05) is 0 Å². The minimum absolute atomic E-state index is 0.00290. The Morgan fingerprint density at radius 1 is 1.28 bits per heavy atom. The van der Waals surface area contributed by atoms with E-state index in [-0.39, 0.29) is 29.1 Å². The second-order valence-electron chi connectivity index (χ2n) is 4.98. The third kappa shape index (κ3) is 3.91. The molecule has 2 rings (SSSR count). The largest absolute Gasteiger partial charge is 0.497 e. The summed E-state index contributed by atoms with van der Waals surface area (Å²) in [7, 11) is 2.88. The van der Waals surface area contributed by atoms with Crippen molar-refractivity contribution >= 4 is 17.8 Å². The first-order chi connectivity index (χ1) is 12.0. The summed E-state index contributed by atoms with van der Waals surface area (Å²) < 4.78 is 9.97. The average molecular weight is 341 g/mol. The summed E-state index contributed by atoms with van der Waals surface area (Å²) in [6.07, 6.45) is 3.03. The van der Waals surface area contributed by atoms with Crippen LogP contribution in [0.5, 0.6) is 5.75 Å². The number of nitro groups is 1. The van der Waals surface area contributed by atoms with Crippen LogP contribution < -0.4 is 10.3 Å². The number of aromatic nitrogens is 1. The van der Waals surface area contributed by atoms with Crippen LogP contribution in [0, 0.1) is 21.4 Å². The van der Waals surface area contributed by atoms with Crippen LogP contribution in [0.1, 0.15) is 22.4 Å². The normalized spacial score (nSPS) is 10.6. The summed E-state index contributed by atoms with van der Waals surface area (Å²) in [6.45, 7) is -0.216. The topological polar surface area (TPSA) is 118 Å². The highest BCUT2D eigenvalue weighted by Crippen LogP contribution is 2.26. The molecule has 128 valence electrons. The number of hydrogen-bond acceptors (Lipinski definition) is 6. The number of ether oxygens (including phenoxy) is 2. The van der Waals surface area contributed by atoms with Gasteiger partial charge in [-0.05, 0) is 23.8 Å². The Morgan fingerprint density at radius 2 is 1.96 bits per heavy atom. The zero-order valence-corrected chi connectivity index (χ0v) is 13.6. The Hall–Kier alpha value is -3.44. The summed E-state index contributed by atoms with van der Waals surface area (Å²) in [4.78, 5) is 25.2. The van der Waals surface area contributed by atoms with E-state index < -0.39 is 10.5 Å². The van der Waals surface area contributed by atoms with Crippen molar-refractivity contribution in [1.29, 1.82) is 5.26 Å². The van der Waals surface area contributed by atoms with Crippen molar-refractivity contribution in [3.8, 4) is 11.8 Å². The van der Waals surface area contributed by atoms with Crippen molar-refractivity contribution < 1.29 is 14.4 Å². The number of methoxy groups -OCH3 is 2. The third-order valence-electron chi connectivity index (χ3n) is 3.46. The third-order valence-corrected chi connectivity index (χ3v) is 3.46. The van der Waals surface area contributed by atoms with Crippen LogP contribution in [-0.2, 0) is 11.3 Å². The van der Waals surface area contributed by atoms with Gasteiger partial charge in [0.15, 0.2) is 0 Å². The molecule has 1 heterocycles. The van der Waals surface area contributed by atoms with Gasteiger partial charge in [-0.15, -0.1) is 0 Å². The molecular weight excluding hydrogens is 326 g/mol. The fourth-order valence-electron chi connectivity index (χ4n) is 2.29. The fraction of sp³-hybridized carbons (Fsp3) is 0.176. The smallest absolute Gasteiger partial charge is 0.299 e. The number of pyridine rings is 1. The summed E-state index contributed by atoms with van der Waals surface area (Å²) in [5.74, 6) is 0.678. The van der Waals surface area contributed by atoms with Crippen LogP contribution >= 0.6 is 0 Å². The lowest BCUT2D eigenvalue weighted by molar-refractivity contribution is -0.386. The van der Waals surface area contributed by atoms with Crippen LogP contribution in [-0.4, -0.2) is 24.1 Å². The number of rotatable bonds is 6. The molecule has 8 heteroatoms. The van der Waals surface area contributed by atoms with Crippen molar-refractivity contribution in [2.24, 2.45) is 0 Å². The maximum Gasteiger partial charge on any atom is 0.299 e. The lowest BCUT2D eigenvalue weighted by atomic mass is 10.1. The molecule has 0 spiro atoms. The monoisotopic (exact) mass is 341 g/mol. The van der Waals surface area contributed by atoms with Crippen molar-refractivity contribution in [3.05, 3.63) is 67.1 Å². The predicted octanol–water partition coefficient (Wildman–Crippen LogP) is 2.48. The van der Waals surface area contributed by atoms with Gasteiger partial charge in [0.05, 0.1) is 24.2 Å². The highest BCUT2D eigenvalue weighted by atomic mass is 16.6. The van der Waals surface area contributed by atoms with Gasteiger partial charge in [-0.3, -0.25) is 14.9 Å². The molecule has 0 saturated carbocycles. The van der Waals surface area contributed by atoms with Crippen LogP contribution in [0.25, 0.3) is 12.2 Å². The molecule has 0 fully saturated rings. The molecule has 0 radical (unpaired) electrons. The second kappa shape index (κ2) is 7.90. The molecule has 0 saturated heterocycles. The zero-order chi connectivity index (χ0) is 18.4. The fourth-order valence-corrected chi connectivity index (χ4v) is 2.29. The van der Waals surface area contributed by atoms with Gasteiger partial charge in [-0.2, -0.15) is 5.26 Å². The molecule has 0 aliphatic carbocycles. The van der Waals surface area contributed by atoms with Crippen LogP contribution in [0.4, 0.5) is 5.69 Å². The molecule has 0 atom stereocenters. The highest BCUT2D eigenvalue weighted by molar-refractivity contribution is 5.74. The molecule has 8 nitrogen and oxygen atoms in total. The predicted molar refractivity (Wildman–Crippen MR) is 91.1 cm³/mol. The van der Waals surface area contributed by atoms with E-state index in [1.165, 1.54) is 13.2 Å². The van der Waals surface area contributed by atoms with E-state index in [9.17, 15) is 14.9 Å². The van der Waals surface area contributed by atoms with Crippen LogP contribution in [0.15, 0.2) is 29.1 Å². The quantitative estimate of drug-likeness (QED) is 0.637. The van der Waals surface area contributed by atoms with Gasteiger partial charge in [-0.1, -0.05) is 18.2 Å². The summed E-state index contributed by atoms with van der Waals surface area (Å²) in [6, 6.07) is 8.70. The summed E-state index contributed by atoms with van der Waals surface area (Å²) in [5.41, 5.74) is -0.675. The first kappa shape index (κ1) is 17.9. The number of H-pyrrole nitrogens is 1. The van der Waals surface area contributed by atoms with E-state index in [2.05, 4.69) is 4.98 Å².